The Balaban J connectivity index is 1.70. The van der Waals surface area contributed by atoms with Crippen LogP contribution in [0.25, 0.3) is 0 Å². The van der Waals surface area contributed by atoms with Gasteiger partial charge in [-0.25, -0.2) is 0 Å². The van der Waals surface area contributed by atoms with E-state index in [1.54, 1.807) is 0 Å². The van der Waals surface area contributed by atoms with Gasteiger partial charge in [0.1, 0.15) is 0 Å². The summed E-state index contributed by atoms with van der Waals surface area (Å²) in [4.78, 5) is 2.68. The third-order valence-electron chi connectivity index (χ3n) is 3.39. The summed E-state index contributed by atoms with van der Waals surface area (Å²) in [7, 11) is 0. The summed E-state index contributed by atoms with van der Waals surface area (Å²) < 4.78 is 0. The fourth-order valence-corrected chi connectivity index (χ4v) is 2.46. The Hall–Kier alpha value is -0.0800. The third kappa shape index (κ3) is 3.25. The monoisotopic (exact) mass is 196 g/mol. The molecule has 0 amide bonds. The Morgan fingerprint density at radius 1 is 1.21 bits per heavy atom. The van der Waals surface area contributed by atoms with E-state index in [-0.39, 0.29) is 0 Å². The van der Waals surface area contributed by atoms with Crippen LogP contribution in [-0.2, 0) is 0 Å². The van der Waals surface area contributed by atoms with Crippen LogP contribution >= 0.6 is 0 Å². The summed E-state index contributed by atoms with van der Waals surface area (Å²) in [5.41, 5.74) is 0. The predicted octanol–water partition coefficient (Wildman–Crippen LogP) is 1.86. The van der Waals surface area contributed by atoms with E-state index in [4.69, 9.17) is 0 Å². The zero-order valence-electron chi connectivity index (χ0n) is 9.47. The van der Waals surface area contributed by atoms with Crippen LogP contribution < -0.4 is 5.32 Å². The first-order chi connectivity index (χ1) is 6.88. The van der Waals surface area contributed by atoms with Crippen LogP contribution in [-0.4, -0.2) is 37.1 Å². The SMILES string of the molecule is CCCN(CC1CC1)CC1CCCN1. The van der Waals surface area contributed by atoms with Crippen molar-refractivity contribution < 1.29 is 0 Å². The van der Waals surface area contributed by atoms with Crippen molar-refractivity contribution >= 4 is 0 Å². The summed E-state index contributed by atoms with van der Waals surface area (Å²) in [5.74, 6) is 1.04. The van der Waals surface area contributed by atoms with E-state index < -0.39 is 0 Å². The molecule has 2 nitrogen and oxygen atoms in total. The summed E-state index contributed by atoms with van der Waals surface area (Å²) in [5, 5.41) is 3.60. The minimum atomic E-state index is 0.792. The minimum Gasteiger partial charge on any atom is -0.313 e. The molecule has 2 rings (SSSR count). The highest BCUT2D eigenvalue weighted by atomic mass is 15.2. The highest BCUT2D eigenvalue weighted by molar-refractivity contribution is 4.82. The molecular weight excluding hydrogens is 172 g/mol. The van der Waals surface area contributed by atoms with E-state index in [9.17, 15) is 0 Å². The van der Waals surface area contributed by atoms with E-state index in [2.05, 4.69) is 17.1 Å². The molecule has 1 atom stereocenters. The molecule has 14 heavy (non-hydrogen) atoms. The maximum absolute atomic E-state index is 3.60. The molecule has 2 aliphatic rings. The Morgan fingerprint density at radius 3 is 2.64 bits per heavy atom. The van der Waals surface area contributed by atoms with Gasteiger partial charge in [0.2, 0.25) is 0 Å². The molecule has 2 fully saturated rings. The largest absolute Gasteiger partial charge is 0.313 e. The van der Waals surface area contributed by atoms with Crippen molar-refractivity contribution in [3.63, 3.8) is 0 Å². The van der Waals surface area contributed by atoms with Gasteiger partial charge in [-0.05, 0) is 51.1 Å². The third-order valence-corrected chi connectivity index (χ3v) is 3.39. The second-order valence-electron chi connectivity index (χ2n) is 5.00. The average molecular weight is 196 g/mol. The predicted molar refractivity (Wildman–Crippen MR) is 60.5 cm³/mol. The lowest BCUT2D eigenvalue weighted by Gasteiger charge is -2.25. The molecule has 0 aromatic heterocycles. The molecular formula is C12H24N2. The topological polar surface area (TPSA) is 15.3 Å². The van der Waals surface area contributed by atoms with E-state index >= 15 is 0 Å². The van der Waals surface area contributed by atoms with Gasteiger partial charge < -0.3 is 10.2 Å². The van der Waals surface area contributed by atoms with Gasteiger partial charge in [-0.15, -0.1) is 0 Å². The molecule has 1 saturated carbocycles. The number of nitrogens with one attached hydrogen (secondary N) is 1. The van der Waals surface area contributed by atoms with Gasteiger partial charge in [0.15, 0.2) is 0 Å². The van der Waals surface area contributed by atoms with Crippen LogP contribution in [0.15, 0.2) is 0 Å². The Kier molecular flexibility index (Phi) is 3.82. The van der Waals surface area contributed by atoms with Gasteiger partial charge in [0.05, 0.1) is 0 Å². The van der Waals surface area contributed by atoms with Crippen molar-refractivity contribution in [2.45, 2.75) is 45.1 Å². The summed E-state index contributed by atoms with van der Waals surface area (Å²) in [6, 6.07) is 0.792. The van der Waals surface area contributed by atoms with Crippen LogP contribution in [0.5, 0.6) is 0 Å². The van der Waals surface area contributed by atoms with Gasteiger partial charge in [0.25, 0.3) is 0 Å². The van der Waals surface area contributed by atoms with Gasteiger partial charge in [0, 0.05) is 19.1 Å². The van der Waals surface area contributed by atoms with Crippen molar-refractivity contribution in [1.82, 2.24) is 10.2 Å². The molecule has 1 aliphatic carbocycles. The molecule has 1 unspecified atom stereocenters. The van der Waals surface area contributed by atoms with Gasteiger partial charge in [-0.2, -0.15) is 0 Å². The molecule has 1 heterocycles. The summed E-state index contributed by atoms with van der Waals surface area (Å²) in [6.07, 6.45) is 7.05. The molecule has 0 aromatic carbocycles. The first kappa shape index (κ1) is 10.4. The lowest BCUT2D eigenvalue weighted by Crippen LogP contribution is -2.39. The summed E-state index contributed by atoms with van der Waals surface area (Å²) in [6.45, 7) is 7.50. The van der Waals surface area contributed by atoms with Crippen LogP contribution in [0.4, 0.5) is 0 Å². The molecule has 0 spiro atoms. The average Bonchev–Trinajstić information content (AvgIpc) is 2.81. The number of nitrogens with zero attached hydrogens (tertiary/aromatic N) is 1. The maximum Gasteiger partial charge on any atom is 0.0195 e. The second-order valence-corrected chi connectivity index (χ2v) is 5.00. The number of hydrogen-bond donors (Lipinski definition) is 1. The first-order valence-corrected chi connectivity index (χ1v) is 6.34. The molecule has 0 radical (unpaired) electrons. The Labute approximate surface area is 88.1 Å². The molecule has 1 aliphatic heterocycles. The second kappa shape index (κ2) is 5.13. The zero-order valence-corrected chi connectivity index (χ0v) is 9.47. The Bertz CT molecular complexity index is 160. The fourth-order valence-electron chi connectivity index (χ4n) is 2.46. The van der Waals surface area contributed by atoms with Gasteiger partial charge in [-0.1, -0.05) is 6.92 Å². The quantitative estimate of drug-likeness (QED) is 0.697. The minimum absolute atomic E-state index is 0.792. The van der Waals surface area contributed by atoms with Crippen molar-refractivity contribution in [2.75, 3.05) is 26.2 Å². The smallest absolute Gasteiger partial charge is 0.0195 e. The number of hydrogen-bond acceptors (Lipinski definition) is 2. The normalized spacial score (nSPS) is 27.4. The van der Waals surface area contributed by atoms with Crippen LogP contribution in [0.2, 0.25) is 0 Å². The van der Waals surface area contributed by atoms with Crippen molar-refractivity contribution in [2.24, 2.45) is 5.92 Å². The van der Waals surface area contributed by atoms with Crippen LogP contribution in [0.3, 0.4) is 0 Å². The lowest BCUT2D eigenvalue weighted by molar-refractivity contribution is 0.240. The van der Waals surface area contributed by atoms with Crippen LogP contribution in [0.1, 0.15) is 39.0 Å². The molecule has 0 aromatic rings. The fraction of sp³-hybridized carbons (Fsp3) is 1.00. The van der Waals surface area contributed by atoms with Crippen molar-refractivity contribution in [1.29, 1.82) is 0 Å². The van der Waals surface area contributed by atoms with Crippen molar-refractivity contribution in [3.05, 3.63) is 0 Å². The summed E-state index contributed by atoms with van der Waals surface area (Å²) >= 11 is 0. The van der Waals surface area contributed by atoms with Gasteiger partial charge >= 0.3 is 0 Å². The van der Waals surface area contributed by atoms with E-state index in [0.29, 0.717) is 0 Å². The zero-order chi connectivity index (χ0) is 9.80. The standard InChI is InChI=1S/C12H24N2/c1-2-8-14(9-11-5-6-11)10-12-4-3-7-13-12/h11-13H,2-10H2,1H3. The highest BCUT2D eigenvalue weighted by Gasteiger charge is 2.25. The molecule has 1 N–H and O–H groups in total. The van der Waals surface area contributed by atoms with E-state index in [0.717, 1.165) is 12.0 Å². The maximum atomic E-state index is 3.60. The Morgan fingerprint density at radius 2 is 2.07 bits per heavy atom. The highest BCUT2D eigenvalue weighted by Crippen LogP contribution is 2.29. The van der Waals surface area contributed by atoms with E-state index in [1.165, 1.54) is 58.3 Å². The van der Waals surface area contributed by atoms with Crippen molar-refractivity contribution in [3.8, 4) is 0 Å². The molecule has 0 bridgehead atoms. The number of rotatable bonds is 6. The lowest BCUT2D eigenvalue weighted by atomic mass is 10.2. The molecule has 82 valence electrons. The first-order valence-electron chi connectivity index (χ1n) is 6.34. The van der Waals surface area contributed by atoms with E-state index in [1.807, 2.05) is 0 Å². The molecule has 2 heteroatoms. The van der Waals surface area contributed by atoms with Crippen LogP contribution in [0, 0.1) is 5.92 Å². The molecule has 1 saturated heterocycles. The van der Waals surface area contributed by atoms with Gasteiger partial charge in [-0.3, -0.25) is 0 Å².